The Morgan fingerprint density at radius 3 is 2.66 bits per heavy atom. The summed E-state index contributed by atoms with van der Waals surface area (Å²) in [5, 5.41) is 12.4. The number of anilines is 1. The highest BCUT2D eigenvalue weighted by atomic mass is 35.5. The summed E-state index contributed by atoms with van der Waals surface area (Å²) in [6, 6.07) is 11.7. The Balaban J connectivity index is 1.42. The third-order valence-electron chi connectivity index (χ3n) is 8.50. The molecular formula is C32H33ClF3N5O3. The van der Waals surface area contributed by atoms with E-state index >= 15 is 4.39 Å². The van der Waals surface area contributed by atoms with Crippen molar-refractivity contribution in [3.8, 4) is 22.9 Å². The number of alkyl halides is 2. The molecule has 2 aliphatic heterocycles. The molecule has 2 saturated heterocycles. The number of phenolic OH excluding ortho intramolecular Hbond substituents is 1. The number of ether oxygens (including phenoxy) is 1. The van der Waals surface area contributed by atoms with E-state index in [2.05, 4.69) is 9.97 Å². The zero-order chi connectivity index (χ0) is 31.2. The number of piperazine rings is 1. The molecule has 2 atom stereocenters. The first-order valence-electron chi connectivity index (χ1n) is 14.7. The number of amides is 1. The van der Waals surface area contributed by atoms with Crippen molar-refractivity contribution in [3.63, 3.8) is 0 Å². The van der Waals surface area contributed by atoms with Gasteiger partial charge in [-0.15, -0.1) is 0 Å². The number of fused-ring (bicyclic) bond motifs is 2. The number of carbonyl (C=O) groups is 1. The number of phenols is 1. The Morgan fingerprint density at radius 2 is 1.91 bits per heavy atom. The Kier molecular flexibility index (Phi) is 8.19. The van der Waals surface area contributed by atoms with Gasteiger partial charge in [-0.2, -0.15) is 9.97 Å². The molecule has 1 aromatic heterocycles. The lowest BCUT2D eigenvalue weighted by Crippen LogP contribution is -2.56. The summed E-state index contributed by atoms with van der Waals surface area (Å²) in [4.78, 5) is 26.2. The summed E-state index contributed by atoms with van der Waals surface area (Å²) in [6.07, 6.45) is 1.13. The zero-order valence-electron chi connectivity index (χ0n) is 24.4. The number of rotatable bonds is 8. The molecular weight excluding hydrogens is 595 g/mol. The van der Waals surface area contributed by atoms with Crippen LogP contribution in [0.2, 0.25) is 5.02 Å². The van der Waals surface area contributed by atoms with Gasteiger partial charge in [-0.1, -0.05) is 35.9 Å². The van der Waals surface area contributed by atoms with Crippen LogP contribution in [0.4, 0.5) is 19.0 Å². The summed E-state index contributed by atoms with van der Waals surface area (Å²) in [5.74, 6) is -2.98. The summed E-state index contributed by atoms with van der Waals surface area (Å²) in [6.45, 7) is 5.38. The fourth-order valence-electron chi connectivity index (χ4n) is 6.24. The van der Waals surface area contributed by atoms with Crippen LogP contribution < -0.4 is 9.64 Å². The van der Waals surface area contributed by atoms with Crippen LogP contribution in [0.1, 0.15) is 26.7 Å². The molecule has 2 aliphatic rings. The van der Waals surface area contributed by atoms with E-state index in [9.17, 15) is 18.7 Å². The van der Waals surface area contributed by atoms with Crippen molar-refractivity contribution in [1.82, 2.24) is 19.8 Å². The standard InChI is InChI=1S/C32H33ClF3N5O3/c1-19-16-41(20(2)15-40(19)18-42)30-25-14-26(33)27(24-13-22(43)12-21-6-3-4-7-23(21)24)28(34)29(25)37-31(38-30)44-11-5-9-39-10-8-32(35,36)17-39/h3-4,6-7,12-14,18-20,43H,5,8-11,15-17H2,1-2H3/t19-,20+/m1/s1. The van der Waals surface area contributed by atoms with Gasteiger partial charge in [0.2, 0.25) is 6.41 Å². The fourth-order valence-corrected chi connectivity index (χ4v) is 6.53. The number of benzene rings is 3. The minimum atomic E-state index is -2.67. The van der Waals surface area contributed by atoms with Crippen LogP contribution in [-0.4, -0.2) is 88.6 Å². The van der Waals surface area contributed by atoms with Gasteiger partial charge in [-0.25, -0.2) is 13.2 Å². The second kappa shape index (κ2) is 11.9. The molecule has 0 aliphatic carbocycles. The second-order valence-electron chi connectivity index (χ2n) is 11.7. The van der Waals surface area contributed by atoms with Crippen molar-refractivity contribution in [2.45, 2.75) is 44.7 Å². The average Bonchev–Trinajstić information content (AvgIpc) is 3.34. The smallest absolute Gasteiger partial charge is 0.319 e. The monoisotopic (exact) mass is 627 g/mol. The van der Waals surface area contributed by atoms with E-state index < -0.39 is 11.7 Å². The van der Waals surface area contributed by atoms with Crippen LogP contribution in [0.5, 0.6) is 11.8 Å². The van der Waals surface area contributed by atoms with E-state index in [4.69, 9.17) is 16.3 Å². The van der Waals surface area contributed by atoms with E-state index in [1.807, 2.05) is 43.0 Å². The number of nitrogens with zero attached hydrogens (tertiary/aromatic N) is 5. The molecule has 232 valence electrons. The molecule has 1 N–H and O–H groups in total. The maximum absolute atomic E-state index is 16.7. The second-order valence-corrected chi connectivity index (χ2v) is 12.1. The first-order chi connectivity index (χ1) is 21.0. The molecule has 0 bridgehead atoms. The van der Waals surface area contributed by atoms with Gasteiger partial charge in [0.25, 0.3) is 5.92 Å². The quantitative estimate of drug-likeness (QED) is 0.186. The SMILES string of the molecule is C[C@@H]1CN(c2nc(OCCCN3CCC(F)(F)C3)nc3c(F)c(-c4cc(O)cc5ccccc45)c(Cl)cc23)[C@@H](C)CN1C=O. The van der Waals surface area contributed by atoms with Crippen LogP contribution in [0.25, 0.3) is 32.8 Å². The predicted molar refractivity (Wildman–Crippen MR) is 164 cm³/mol. The Morgan fingerprint density at radius 1 is 1.11 bits per heavy atom. The minimum Gasteiger partial charge on any atom is -0.508 e. The molecule has 6 rings (SSSR count). The van der Waals surface area contributed by atoms with Crippen molar-refractivity contribution < 1.29 is 27.8 Å². The van der Waals surface area contributed by atoms with Gasteiger partial charge in [-0.3, -0.25) is 9.69 Å². The van der Waals surface area contributed by atoms with Gasteiger partial charge < -0.3 is 19.6 Å². The van der Waals surface area contributed by atoms with Crippen molar-refractivity contribution in [2.75, 3.05) is 44.2 Å². The van der Waals surface area contributed by atoms with E-state index in [-0.39, 0.29) is 59.5 Å². The van der Waals surface area contributed by atoms with Crippen molar-refractivity contribution in [1.29, 1.82) is 0 Å². The highest BCUT2D eigenvalue weighted by Gasteiger charge is 2.37. The molecule has 0 saturated carbocycles. The van der Waals surface area contributed by atoms with E-state index in [0.717, 1.165) is 11.8 Å². The van der Waals surface area contributed by atoms with Gasteiger partial charge in [-0.05, 0) is 54.8 Å². The summed E-state index contributed by atoms with van der Waals surface area (Å²) in [5.41, 5.74) is 0.495. The third kappa shape index (κ3) is 5.82. The Bertz CT molecular complexity index is 1720. The largest absolute Gasteiger partial charge is 0.508 e. The molecule has 0 spiro atoms. The van der Waals surface area contributed by atoms with E-state index in [1.165, 1.54) is 6.07 Å². The lowest BCUT2D eigenvalue weighted by molar-refractivity contribution is -0.120. The highest BCUT2D eigenvalue weighted by Crippen LogP contribution is 2.43. The molecule has 2 fully saturated rings. The van der Waals surface area contributed by atoms with Crippen molar-refractivity contribution >= 4 is 45.5 Å². The number of aromatic hydroxyl groups is 1. The maximum Gasteiger partial charge on any atom is 0.319 e. The van der Waals surface area contributed by atoms with Gasteiger partial charge in [0.15, 0.2) is 5.82 Å². The number of carbonyl (C=O) groups excluding carboxylic acids is 1. The maximum atomic E-state index is 16.7. The van der Waals surface area contributed by atoms with E-state index in [1.54, 1.807) is 21.9 Å². The number of halogens is 4. The summed E-state index contributed by atoms with van der Waals surface area (Å²) in [7, 11) is 0. The summed E-state index contributed by atoms with van der Waals surface area (Å²) >= 11 is 6.80. The molecule has 12 heteroatoms. The first kappa shape index (κ1) is 30.2. The highest BCUT2D eigenvalue weighted by molar-refractivity contribution is 6.35. The zero-order valence-corrected chi connectivity index (χ0v) is 25.2. The molecule has 3 aromatic carbocycles. The van der Waals surface area contributed by atoms with E-state index in [0.29, 0.717) is 54.8 Å². The fraction of sp³-hybridized carbons (Fsp3) is 0.406. The Labute approximate surface area is 258 Å². The lowest BCUT2D eigenvalue weighted by atomic mass is 9.96. The van der Waals surface area contributed by atoms with Gasteiger partial charge >= 0.3 is 6.01 Å². The molecule has 4 aromatic rings. The summed E-state index contributed by atoms with van der Waals surface area (Å²) < 4.78 is 49.8. The minimum absolute atomic E-state index is 0.00585. The van der Waals surface area contributed by atoms with Crippen LogP contribution in [-0.2, 0) is 4.79 Å². The first-order valence-corrected chi connectivity index (χ1v) is 15.0. The molecule has 0 radical (unpaired) electrons. The molecule has 44 heavy (non-hydrogen) atoms. The van der Waals surface area contributed by atoms with Crippen LogP contribution in [0.3, 0.4) is 0 Å². The van der Waals surface area contributed by atoms with Crippen LogP contribution >= 0.6 is 11.6 Å². The number of likely N-dealkylation sites (tertiary alicyclic amines) is 1. The van der Waals surface area contributed by atoms with Gasteiger partial charge in [0.05, 0.1) is 18.2 Å². The van der Waals surface area contributed by atoms with Crippen molar-refractivity contribution in [3.05, 3.63) is 53.3 Å². The van der Waals surface area contributed by atoms with Crippen LogP contribution in [0, 0.1) is 5.82 Å². The average molecular weight is 628 g/mol. The normalized spacial score (nSPS) is 20.5. The molecule has 0 unspecified atom stereocenters. The Hall–Kier alpha value is -3.83. The van der Waals surface area contributed by atoms with Crippen molar-refractivity contribution in [2.24, 2.45) is 0 Å². The third-order valence-corrected chi connectivity index (χ3v) is 8.80. The number of hydrogen-bond acceptors (Lipinski definition) is 7. The topological polar surface area (TPSA) is 82.0 Å². The molecule has 1 amide bonds. The number of hydrogen-bond donors (Lipinski definition) is 1. The van der Waals surface area contributed by atoms with Gasteiger partial charge in [0, 0.05) is 55.6 Å². The van der Waals surface area contributed by atoms with Crippen LogP contribution in [0.15, 0.2) is 42.5 Å². The molecule has 8 nitrogen and oxygen atoms in total. The predicted octanol–water partition coefficient (Wildman–Crippen LogP) is 6.11. The lowest BCUT2D eigenvalue weighted by Gasteiger charge is -2.43. The number of aromatic nitrogens is 2. The molecule has 3 heterocycles. The van der Waals surface area contributed by atoms with Gasteiger partial charge in [0.1, 0.15) is 17.1 Å².